The number of anilines is 1. The molecule has 1 aliphatic carbocycles. The predicted molar refractivity (Wildman–Crippen MR) is 106 cm³/mol. The van der Waals surface area contributed by atoms with Crippen molar-refractivity contribution in [3.63, 3.8) is 0 Å². The van der Waals surface area contributed by atoms with Crippen LogP contribution in [0.2, 0.25) is 0 Å². The molecular formula is C17H21N3O3S3. The highest BCUT2D eigenvalue weighted by Gasteiger charge is 2.28. The lowest BCUT2D eigenvalue weighted by molar-refractivity contribution is -0.115. The van der Waals surface area contributed by atoms with Crippen molar-refractivity contribution >= 4 is 51.3 Å². The summed E-state index contributed by atoms with van der Waals surface area (Å²) in [5.41, 5.74) is 1.60. The Labute approximate surface area is 164 Å². The van der Waals surface area contributed by atoms with Crippen molar-refractivity contribution in [1.29, 1.82) is 0 Å². The van der Waals surface area contributed by atoms with Gasteiger partial charge in [-0.25, -0.2) is 4.79 Å². The van der Waals surface area contributed by atoms with Crippen molar-refractivity contribution in [3.05, 3.63) is 21.0 Å². The van der Waals surface area contributed by atoms with Crippen molar-refractivity contribution in [3.8, 4) is 0 Å². The number of nitrogens with one attached hydrogen (secondary N) is 1. The fourth-order valence-electron chi connectivity index (χ4n) is 2.82. The second kappa shape index (κ2) is 8.49. The maximum atomic E-state index is 12.6. The Morgan fingerprint density at radius 1 is 1.27 bits per heavy atom. The fraction of sp³-hybridized carbons (Fsp3) is 0.529. The molecule has 1 atom stereocenters. The van der Waals surface area contributed by atoms with Crippen molar-refractivity contribution in [1.82, 2.24) is 10.2 Å². The minimum Gasteiger partial charge on any atom is -0.462 e. The maximum absolute atomic E-state index is 12.6. The van der Waals surface area contributed by atoms with Gasteiger partial charge in [-0.1, -0.05) is 23.1 Å². The van der Waals surface area contributed by atoms with E-state index in [-0.39, 0.29) is 17.1 Å². The van der Waals surface area contributed by atoms with E-state index in [1.54, 1.807) is 6.92 Å². The van der Waals surface area contributed by atoms with Crippen LogP contribution in [0.1, 0.15) is 52.5 Å². The van der Waals surface area contributed by atoms with Gasteiger partial charge in [-0.05, 0) is 52.0 Å². The maximum Gasteiger partial charge on any atom is 0.341 e. The molecule has 0 unspecified atom stereocenters. The number of rotatable bonds is 6. The summed E-state index contributed by atoms with van der Waals surface area (Å²) in [6.07, 6.45) is 4.00. The molecule has 1 N–H and O–H groups in total. The number of carbonyl (C=O) groups excluding carboxylic acids is 2. The predicted octanol–water partition coefficient (Wildman–Crippen LogP) is 4.08. The van der Waals surface area contributed by atoms with Crippen molar-refractivity contribution in [2.75, 3.05) is 11.9 Å². The highest BCUT2D eigenvalue weighted by atomic mass is 32.2. The first-order valence-corrected chi connectivity index (χ1v) is 11.1. The lowest BCUT2D eigenvalue weighted by Gasteiger charge is -2.13. The van der Waals surface area contributed by atoms with Crippen molar-refractivity contribution < 1.29 is 14.3 Å². The van der Waals surface area contributed by atoms with Crippen LogP contribution in [0.15, 0.2) is 4.34 Å². The number of thiophene rings is 1. The molecule has 0 radical (unpaired) electrons. The Kier molecular flexibility index (Phi) is 6.31. The smallest absolute Gasteiger partial charge is 0.341 e. The second-order valence-electron chi connectivity index (χ2n) is 5.97. The zero-order valence-corrected chi connectivity index (χ0v) is 17.4. The summed E-state index contributed by atoms with van der Waals surface area (Å²) in [6, 6.07) is 0. The lowest BCUT2D eigenvalue weighted by Crippen LogP contribution is -2.23. The van der Waals surface area contributed by atoms with Crippen LogP contribution in [0.25, 0.3) is 0 Å². The summed E-state index contributed by atoms with van der Waals surface area (Å²) in [5, 5.41) is 12.1. The number of hydrogen-bond acceptors (Lipinski definition) is 8. The molecule has 26 heavy (non-hydrogen) atoms. The van der Waals surface area contributed by atoms with Gasteiger partial charge in [-0.3, -0.25) is 4.79 Å². The molecule has 2 aromatic heterocycles. The molecule has 0 aromatic carbocycles. The normalized spacial score (nSPS) is 14.6. The number of carbonyl (C=O) groups is 2. The first-order chi connectivity index (χ1) is 12.5. The van der Waals surface area contributed by atoms with Gasteiger partial charge in [0.15, 0.2) is 4.34 Å². The van der Waals surface area contributed by atoms with Gasteiger partial charge in [0, 0.05) is 4.88 Å². The van der Waals surface area contributed by atoms with E-state index >= 15 is 0 Å². The largest absolute Gasteiger partial charge is 0.462 e. The number of fused-ring (bicyclic) bond motifs is 1. The average molecular weight is 412 g/mol. The number of amides is 1. The summed E-state index contributed by atoms with van der Waals surface area (Å²) in [7, 11) is 0. The molecule has 9 heteroatoms. The molecule has 1 aliphatic rings. The molecule has 0 aliphatic heterocycles. The van der Waals surface area contributed by atoms with Crippen molar-refractivity contribution in [2.45, 2.75) is 56.0 Å². The monoisotopic (exact) mass is 411 g/mol. The zero-order chi connectivity index (χ0) is 18.7. The molecule has 0 bridgehead atoms. The Morgan fingerprint density at radius 2 is 2.04 bits per heavy atom. The third kappa shape index (κ3) is 4.27. The Hall–Kier alpha value is -1.45. The molecule has 2 aromatic rings. The van der Waals surface area contributed by atoms with E-state index in [0.717, 1.165) is 40.6 Å². The van der Waals surface area contributed by atoms with Crippen LogP contribution >= 0.6 is 34.4 Å². The van der Waals surface area contributed by atoms with Gasteiger partial charge in [0.05, 0.1) is 17.4 Å². The van der Waals surface area contributed by atoms with E-state index in [1.807, 2.05) is 13.8 Å². The van der Waals surface area contributed by atoms with E-state index in [1.165, 1.54) is 39.3 Å². The van der Waals surface area contributed by atoms with Gasteiger partial charge in [-0.15, -0.1) is 21.5 Å². The second-order valence-corrected chi connectivity index (χ2v) is 9.85. The Morgan fingerprint density at radius 3 is 2.73 bits per heavy atom. The molecule has 1 amide bonds. The van der Waals surface area contributed by atoms with Gasteiger partial charge < -0.3 is 10.1 Å². The molecule has 3 rings (SSSR count). The Balaban J connectivity index is 1.78. The number of thioether (sulfide) groups is 1. The number of aromatic nitrogens is 2. The van der Waals surface area contributed by atoms with E-state index in [9.17, 15) is 9.59 Å². The molecule has 0 spiro atoms. The van der Waals surface area contributed by atoms with Gasteiger partial charge in [0.2, 0.25) is 5.91 Å². The number of hydrogen-bond donors (Lipinski definition) is 1. The molecule has 140 valence electrons. The molecule has 2 heterocycles. The molecule has 0 fully saturated rings. The summed E-state index contributed by atoms with van der Waals surface area (Å²) in [6.45, 7) is 5.82. The van der Waals surface area contributed by atoms with Gasteiger partial charge in [0.25, 0.3) is 0 Å². The van der Waals surface area contributed by atoms with E-state index < -0.39 is 0 Å². The fourth-order valence-corrected chi connectivity index (χ4v) is 6.06. The number of aryl methyl sites for hydroxylation is 2. The number of esters is 1. The quantitative estimate of drug-likeness (QED) is 0.570. The molecular weight excluding hydrogens is 390 g/mol. The van der Waals surface area contributed by atoms with E-state index in [4.69, 9.17) is 4.74 Å². The van der Waals surface area contributed by atoms with Gasteiger partial charge in [0.1, 0.15) is 10.0 Å². The average Bonchev–Trinajstić information content (AvgIpc) is 3.17. The zero-order valence-electron chi connectivity index (χ0n) is 15.0. The number of nitrogens with zero attached hydrogens (tertiary/aromatic N) is 2. The van der Waals surface area contributed by atoms with E-state index in [2.05, 4.69) is 15.5 Å². The highest BCUT2D eigenvalue weighted by Crippen LogP contribution is 2.39. The SMILES string of the molecule is CCOC(=O)c1c(NC(=O)[C@H](C)Sc2nnc(C)s2)sc2c1CCCC2. The van der Waals surface area contributed by atoms with Crippen LogP contribution in [-0.4, -0.2) is 33.9 Å². The van der Waals surface area contributed by atoms with Gasteiger partial charge in [-0.2, -0.15) is 0 Å². The number of ether oxygens (including phenoxy) is 1. The van der Waals surface area contributed by atoms with Crippen molar-refractivity contribution in [2.24, 2.45) is 0 Å². The minimum atomic E-state index is -0.345. The third-order valence-electron chi connectivity index (χ3n) is 4.04. The van der Waals surface area contributed by atoms with Crippen LogP contribution in [-0.2, 0) is 22.4 Å². The molecule has 0 saturated heterocycles. The topological polar surface area (TPSA) is 81.2 Å². The van der Waals surface area contributed by atoms with Crippen LogP contribution in [0.3, 0.4) is 0 Å². The van der Waals surface area contributed by atoms with Gasteiger partial charge >= 0.3 is 5.97 Å². The first kappa shape index (κ1) is 19.3. The highest BCUT2D eigenvalue weighted by molar-refractivity contribution is 8.02. The summed E-state index contributed by atoms with van der Waals surface area (Å²) in [5.74, 6) is -0.491. The van der Waals surface area contributed by atoms with Crippen LogP contribution in [0.5, 0.6) is 0 Å². The summed E-state index contributed by atoms with van der Waals surface area (Å²) < 4.78 is 5.99. The van der Waals surface area contributed by atoms with Crippen LogP contribution in [0.4, 0.5) is 5.00 Å². The molecule has 6 nitrogen and oxygen atoms in total. The van der Waals surface area contributed by atoms with Crippen LogP contribution in [0, 0.1) is 6.92 Å². The Bertz CT molecular complexity index is 816. The minimum absolute atomic E-state index is 0.146. The third-order valence-corrected chi connectivity index (χ3v) is 7.27. The van der Waals surface area contributed by atoms with E-state index in [0.29, 0.717) is 17.2 Å². The first-order valence-electron chi connectivity index (χ1n) is 8.58. The lowest BCUT2D eigenvalue weighted by atomic mass is 9.95. The molecule has 0 saturated carbocycles. The standard InChI is InChI=1S/C17H21N3O3S3/c1-4-23-16(22)13-11-7-5-6-8-12(11)26-15(13)18-14(21)9(2)24-17-20-19-10(3)25-17/h9H,4-8H2,1-3H3,(H,18,21)/t9-/m0/s1. The van der Waals surface area contributed by atoms with Crippen LogP contribution < -0.4 is 5.32 Å². The summed E-state index contributed by atoms with van der Waals surface area (Å²) in [4.78, 5) is 26.3. The summed E-state index contributed by atoms with van der Waals surface area (Å²) >= 11 is 4.34.